The maximum atomic E-state index is 11.5. The van der Waals surface area contributed by atoms with Gasteiger partial charge in [-0.05, 0) is 25.2 Å². The summed E-state index contributed by atoms with van der Waals surface area (Å²) >= 11 is 0. The Balaban J connectivity index is 3.33. The van der Waals surface area contributed by atoms with Crippen LogP contribution in [0.1, 0.15) is 65.7 Å². The SMILES string of the molecule is CC(C)CCCCCCNC(=O)NCCCC(C)C(=O)O. The van der Waals surface area contributed by atoms with Crippen LogP contribution in [0, 0.1) is 11.8 Å². The molecule has 3 N–H and O–H groups in total. The predicted molar refractivity (Wildman–Crippen MR) is 85.4 cm³/mol. The molecule has 0 bridgehead atoms. The van der Waals surface area contributed by atoms with Crippen LogP contribution in [-0.2, 0) is 4.79 Å². The van der Waals surface area contributed by atoms with E-state index in [0.29, 0.717) is 25.9 Å². The summed E-state index contributed by atoms with van der Waals surface area (Å²) in [6, 6.07) is -0.153. The number of rotatable bonds is 12. The van der Waals surface area contributed by atoms with Crippen molar-refractivity contribution in [1.29, 1.82) is 0 Å². The van der Waals surface area contributed by atoms with Crippen LogP contribution in [-0.4, -0.2) is 30.2 Å². The van der Waals surface area contributed by atoms with Gasteiger partial charge in [-0.2, -0.15) is 0 Å². The van der Waals surface area contributed by atoms with E-state index in [1.54, 1.807) is 6.92 Å². The number of carboxylic acids is 1. The molecule has 0 radical (unpaired) electrons. The van der Waals surface area contributed by atoms with Crippen LogP contribution in [0.4, 0.5) is 4.79 Å². The molecule has 0 aliphatic carbocycles. The number of carbonyl (C=O) groups excluding carboxylic acids is 1. The molecule has 1 atom stereocenters. The number of carboxylic acid groups (broad SMARTS) is 1. The smallest absolute Gasteiger partial charge is 0.314 e. The van der Waals surface area contributed by atoms with Crippen molar-refractivity contribution in [3.8, 4) is 0 Å². The number of hydrogen-bond donors (Lipinski definition) is 3. The monoisotopic (exact) mass is 300 g/mol. The van der Waals surface area contributed by atoms with Gasteiger partial charge in [0.25, 0.3) is 0 Å². The summed E-state index contributed by atoms with van der Waals surface area (Å²) in [5, 5.41) is 14.3. The Morgan fingerprint density at radius 1 is 0.857 bits per heavy atom. The summed E-state index contributed by atoms with van der Waals surface area (Å²) < 4.78 is 0. The molecule has 0 aromatic heterocycles. The zero-order chi connectivity index (χ0) is 16.1. The third-order valence-corrected chi connectivity index (χ3v) is 3.51. The first-order valence-electron chi connectivity index (χ1n) is 8.18. The summed E-state index contributed by atoms with van der Waals surface area (Å²) in [7, 11) is 0. The number of carbonyl (C=O) groups is 2. The van der Waals surface area contributed by atoms with E-state index in [4.69, 9.17) is 5.11 Å². The molecule has 0 aromatic rings. The molecule has 0 rings (SSSR count). The maximum absolute atomic E-state index is 11.5. The van der Waals surface area contributed by atoms with Crippen LogP contribution in [0.3, 0.4) is 0 Å². The Kier molecular flexibility index (Phi) is 11.7. The number of unbranched alkanes of at least 4 members (excludes halogenated alkanes) is 3. The quantitative estimate of drug-likeness (QED) is 0.483. The second-order valence-electron chi connectivity index (χ2n) is 6.16. The first-order chi connectivity index (χ1) is 9.93. The molecule has 0 heterocycles. The van der Waals surface area contributed by atoms with E-state index in [-0.39, 0.29) is 11.9 Å². The van der Waals surface area contributed by atoms with Gasteiger partial charge in [-0.1, -0.05) is 46.5 Å². The van der Waals surface area contributed by atoms with Gasteiger partial charge in [0, 0.05) is 13.1 Å². The first-order valence-corrected chi connectivity index (χ1v) is 8.18. The van der Waals surface area contributed by atoms with E-state index in [9.17, 15) is 9.59 Å². The number of urea groups is 1. The molecule has 0 aliphatic heterocycles. The normalized spacial score (nSPS) is 12.2. The molecule has 124 valence electrons. The second-order valence-corrected chi connectivity index (χ2v) is 6.16. The van der Waals surface area contributed by atoms with Crippen LogP contribution < -0.4 is 10.6 Å². The highest BCUT2D eigenvalue weighted by Gasteiger charge is 2.09. The summed E-state index contributed by atoms with van der Waals surface area (Å²) in [5.74, 6) is -0.352. The average molecular weight is 300 g/mol. The van der Waals surface area contributed by atoms with Crippen LogP contribution in [0.25, 0.3) is 0 Å². The van der Waals surface area contributed by atoms with Gasteiger partial charge in [-0.25, -0.2) is 4.79 Å². The van der Waals surface area contributed by atoms with Gasteiger partial charge in [0.15, 0.2) is 0 Å². The molecule has 1 unspecified atom stereocenters. The molecule has 0 aliphatic rings. The minimum atomic E-state index is -0.781. The molecule has 0 saturated heterocycles. The summed E-state index contributed by atoms with van der Waals surface area (Å²) in [5.41, 5.74) is 0. The molecular weight excluding hydrogens is 268 g/mol. The number of amides is 2. The zero-order valence-electron chi connectivity index (χ0n) is 13.8. The molecule has 0 fully saturated rings. The Morgan fingerprint density at radius 2 is 1.43 bits per heavy atom. The fourth-order valence-corrected chi connectivity index (χ4v) is 2.03. The lowest BCUT2D eigenvalue weighted by molar-refractivity contribution is -0.141. The van der Waals surface area contributed by atoms with Crippen molar-refractivity contribution in [3.05, 3.63) is 0 Å². The molecule has 2 amide bonds. The highest BCUT2D eigenvalue weighted by Crippen LogP contribution is 2.08. The lowest BCUT2D eigenvalue weighted by atomic mass is 10.0. The van der Waals surface area contributed by atoms with Crippen molar-refractivity contribution in [2.75, 3.05) is 13.1 Å². The lowest BCUT2D eigenvalue weighted by Gasteiger charge is -2.09. The maximum Gasteiger partial charge on any atom is 0.314 e. The Labute approximate surface area is 128 Å². The van der Waals surface area contributed by atoms with Gasteiger partial charge in [-0.3, -0.25) is 4.79 Å². The first kappa shape index (κ1) is 19.7. The Morgan fingerprint density at radius 3 is 2.00 bits per heavy atom. The average Bonchev–Trinajstić information content (AvgIpc) is 2.41. The van der Waals surface area contributed by atoms with Gasteiger partial charge in [0.1, 0.15) is 0 Å². The fourth-order valence-electron chi connectivity index (χ4n) is 2.03. The third kappa shape index (κ3) is 13.5. The van der Waals surface area contributed by atoms with E-state index in [2.05, 4.69) is 24.5 Å². The standard InChI is InChI=1S/C16H32N2O3/c1-13(2)9-6-4-5-7-11-17-16(21)18-12-8-10-14(3)15(19)20/h13-14H,4-12H2,1-3H3,(H,19,20)(H2,17,18,21). The molecular formula is C16H32N2O3. The minimum Gasteiger partial charge on any atom is -0.481 e. The van der Waals surface area contributed by atoms with Crippen molar-refractivity contribution < 1.29 is 14.7 Å². The highest BCUT2D eigenvalue weighted by molar-refractivity contribution is 5.73. The Bertz CT molecular complexity index is 293. The van der Waals surface area contributed by atoms with Gasteiger partial charge in [0.2, 0.25) is 0 Å². The van der Waals surface area contributed by atoms with Crippen molar-refractivity contribution in [2.24, 2.45) is 11.8 Å². The number of nitrogens with one attached hydrogen (secondary N) is 2. The number of hydrogen-bond acceptors (Lipinski definition) is 2. The van der Waals surface area contributed by atoms with E-state index in [0.717, 1.165) is 18.8 Å². The molecule has 0 spiro atoms. The topological polar surface area (TPSA) is 78.4 Å². The third-order valence-electron chi connectivity index (χ3n) is 3.51. The predicted octanol–water partition coefficient (Wildman–Crippen LogP) is 3.39. The van der Waals surface area contributed by atoms with Gasteiger partial charge >= 0.3 is 12.0 Å². The minimum absolute atomic E-state index is 0.153. The van der Waals surface area contributed by atoms with E-state index in [1.807, 2.05) is 0 Å². The van der Waals surface area contributed by atoms with Gasteiger partial charge in [-0.15, -0.1) is 0 Å². The second kappa shape index (κ2) is 12.5. The molecule has 0 saturated carbocycles. The van der Waals surface area contributed by atoms with E-state index in [1.165, 1.54) is 19.3 Å². The van der Waals surface area contributed by atoms with Crippen molar-refractivity contribution in [3.63, 3.8) is 0 Å². The fraction of sp³-hybridized carbons (Fsp3) is 0.875. The molecule has 0 aromatic carbocycles. The van der Waals surface area contributed by atoms with Crippen molar-refractivity contribution in [1.82, 2.24) is 10.6 Å². The van der Waals surface area contributed by atoms with Crippen LogP contribution in [0.5, 0.6) is 0 Å². The largest absolute Gasteiger partial charge is 0.481 e. The highest BCUT2D eigenvalue weighted by atomic mass is 16.4. The van der Waals surface area contributed by atoms with Crippen LogP contribution in [0.2, 0.25) is 0 Å². The van der Waals surface area contributed by atoms with Gasteiger partial charge < -0.3 is 15.7 Å². The van der Waals surface area contributed by atoms with Crippen LogP contribution >= 0.6 is 0 Å². The molecule has 5 nitrogen and oxygen atoms in total. The number of aliphatic carboxylic acids is 1. The van der Waals surface area contributed by atoms with E-state index < -0.39 is 5.97 Å². The zero-order valence-corrected chi connectivity index (χ0v) is 13.8. The lowest BCUT2D eigenvalue weighted by Crippen LogP contribution is -2.36. The Hall–Kier alpha value is -1.26. The van der Waals surface area contributed by atoms with Crippen molar-refractivity contribution in [2.45, 2.75) is 65.7 Å². The molecule has 21 heavy (non-hydrogen) atoms. The summed E-state index contributed by atoms with van der Waals surface area (Å²) in [6.07, 6.45) is 7.23. The summed E-state index contributed by atoms with van der Waals surface area (Å²) in [6.45, 7) is 7.39. The summed E-state index contributed by atoms with van der Waals surface area (Å²) in [4.78, 5) is 22.1. The molecule has 5 heteroatoms. The van der Waals surface area contributed by atoms with Crippen LogP contribution in [0.15, 0.2) is 0 Å². The van der Waals surface area contributed by atoms with E-state index >= 15 is 0 Å². The van der Waals surface area contributed by atoms with Gasteiger partial charge in [0.05, 0.1) is 5.92 Å². The van der Waals surface area contributed by atoms with Crippen molar-refractivity contribution >= 4 is 12.0 Å².